The second kappa shape index (κ2) is 10.1. The number of benzene rings is 1. The molecule has 2 N–H and O–H groups in total. The van der Waals surface area contributed by atoms with Crippen LogP contribution in [0.5, 0.6) is 0 Å². The van der Waals surface area contributed by atoms with Crippen molar-refractivity contribution in [3.8, 4) is 0 Å². The summed E-state index contributed by atoms with van der Waals surface area (Å²) in [5.74, 6) is -1.91. The van der Waals surface area contributed by atoms with E-state index in [1.165, 1.54) is 0 Å². The van der Waals surface area contributed by atoms with Crippen molar-refractivity contribution in [2.75, 3.05) is 19.8 Å². The minimum Gasteiger partial charge on any atom is -0.466 e. The molecule has 3 aliphatic heterocycles. The van der Waals surface area contributed by atoms with Crippen LogP contribution in [0.4, 0.5) is 0 Å². The van der Waals surface area contributed by atoms with Gasteiger partial charge in [0.15, 0.2) is 0 Å². The number of carbonyl (C=O) groups is 3. The number of esters is 1. The highest BCUT2D eigenvalue weighted by atomic mass is 32.2. The third kappa shape index (κ3) is 4.05. The van der Waals surface area contributed by atoms with Gasteiger partial charge in [-0.2, -0.15) is 0 Å². The number of carbonyl (C=O) groups excluding carboxylic acids is 3. The summed E-state index contributed by atoms with van der Waals surface area (Å²) in [5, 5.41) is 13.4. The fraction of sp³-hybridized carbons (Fsp3) is 0.640. The average Bonchev–Trinajstić information content (AvgIpc) is 3.46. The summed E-state index contributed by atoms with van der Waals surface area (Å²) in [6.07, 6.45) is 4.43. The van der Waals surface area contributed by atoms with Gasteiger partial charge in [-0.3, -0.25) is 14.4 Å². The van der Waals surface area contributed by atoms with Gasteiger partial charge >= 0.3 is 5.97 Å². The Morgan fingerprint density at radius 2 is 2.03 bits per heavy atom. The van der Waals surface area contributed by atoms with Crippen molar-refractivity contribution in [1.29, 1.82) is 0 Å². The Bertz CT molecular complexity index is 881. The molecule has 3 fully saturated rings. The molecule has 3 saturated heterocycles. The molecule has 1 spiro atoms. The van der Waals surface area contributed by atoms with Gasteiger partial charge < -0.3 is 20.1 Å². The van der Waals surface area contributed by atoms with Crippen molar-refractivity contribution >= 4 is 29.5 Å². The van der Waals surface area contributed by atoms with Gasteiger partial charge in [0.1, 0.15) is 6.04 Å². The predicted octanol–water partition coefficient (Wildman–Crippen LogP) is 2.68. The minimum absolute atomic E-state index is 0.0140. The molecule has 2 bridgehead atoms. The Morgan fingerprint density at radius 1 is 1.27 bits per heavy atom. The van der Waals surface area contributed by atoms with Crippen LogP contribution in [-0.2, 0) is 19.1 Å². The van der Waals surface area contributed by atoms with Crippen LogP contribution < -0.4 is 5.32 Å². The van der Waals surface area contributed by atoms with E-state index in [4.69, 9.17) is 4.74 Å². The lowest BCUT2D eigenvalue weighted by molar-refractivity contribution is -0.154. The van der Waals surface area contributed by atoms with Gasteiger partial charge in [0.25, 0.3) is 0 Å². The van der Waals surface area contributed by atoms with Crippen molar-refractivity contribution in [3.63, 3.8) is 0 Å². The fourth-order valence-corrected chi connectivity index (χ4v) is 8.14. The first-order valence-corrected chi connectivity index (χ1v) is 13.0. The zero-order valence-electron chi connectivity index (χ0n) is 19.4. The largest absolute Gasteiger partial charge is 0.466 e. The molecule has 0 radical (unpaired) electrons. The smallest absolute Gasteiger partial charge is 0.310 e. The van der Waals surface area contributed by atoms with Gasteiger partial charge in [-0.1, -0.05) is 50.1 Å². The summed E-state index contributed by atoms with van der Waals surface area (Å²) in [5.41, 5.74) is 0.778. The third-order valence-electron chi connectivity index (χ3n) is 7.32. The van der Waals surface area contributed by atoms with Crippen molar-refractivity contribution < 1.29 is 24.2 Å². The van der Waals surface area contributed by atoms with E-state index in [0.717, 1.165) is 31.2 Å². The zero-order chi connectivity index (χ0) is 23.6. The van der Waals surface area contributed by atoms with E-state index in [1.807, 2.05) is 30.3 Å². The molecule has 7 nitrogen and oxygen atoms in total. The van der Waals surface area contributed by atoms with Crippen molar-refractivity contribution in [1.82, 2.24) is 10.2 Å². The Labute approximate surface area is 199 Å². The summed E-state index contributed by atoms with van der Waals surface area (Å²) in [6.45, 7) is 4.39. The molecule has 1 aromatic carbocycles. The van der Waals surface area contributed by atoms with Crippen molar-refractivity contribution in [2.24, 2.45) is 11.8 Å². The molecular formula is C25H34N2O5S. The van der Waals surface area contributed by atoms with Crippen LogP contribution in [0.15, 0.2) is 30.3 Å². The third-order valence-corrected chi connectivity index (χ3v) is 9.27. The SMILES string of the molecule is CCCCCNC(=O)C1N([C@H](CO)c2ccccc2)C(=O)[C@@H]2[C@H](C(=O)OCC)[C@@H]3CCC12S3. The molecule has 2 unspecified atom stereocenters. The lowest BCUT2D eigenvalue weighted by atomic mass is 9.71. The first-order chi connectivity index (χ1) is 16.0. The Kier molecular flexibility index (Phi) is 7.34. The highest BCUT2D eigenvalue weighted by Gasteiger charge is 2.74. The van der Waals surface area contributed by atoms with Crippen LogP contribution >= 0.6 is 11.8 Å². The minimum atomic E-state index is -0.733. The highest BCUT2D eigenvalue weighted by molar-refractivity contribution is 8.02. The average molecular weight is 475 g/mol. The van der Waals surface area contributed by atoms with Crippen molar-refractivity contribution in [3.05, 3.63) is 35.9 Å². The summed E-state index contributed by atoms with van der Waals surface area (Å²) < 4.78 is 4.68. The van der Waals surface area contributed by atoms with E-state index < -0.39 is 28.7 Å². The number of nitrogens with zero attached hydrogens (tertiary/aromatic N) is 1. The van der Waals surface area contributed by atoms with E-state index in [-0.39, 0.29) is 36.2 Å². The molecule has 8 heteroatoms. The van der Waals surface area contributed by atoms with E-state index in [9.17, 15) is 19.5 Å². The number of fused-ring (bicyclic) bond motifs is 1. The molecule has 0 aromatic heterocycles. The number of unbranched alkanes of at least 4 members (excludes halogenated alkanes) is 2. The number of rotatable bonds is 10. The number of aliphatic hydroxyl groups is 1. The molecule has 3 aliphatic rings. The molecule has 1 aromatic rings. The maximum Gasteiger partial charge on any atom is 0.310 e. The van der Waals surface area contributed by atoms with Gasteiger partial charge in [0.2, 0.25) is 11.8 Å². The molecule has 33 heavy (non-hydrogen) atoms. The lowest BCUT2D eigenvalue weighted by Crippen LogP contribution is -2.54. The normalized spacial score (nSPS) is 30.9. The molecule has 180 valence electrons. The number of ether oxygens (including phenoxy) is 1. The number of hydrogen-bond donors (Lipinski definition) is 2. The number of hydrogen-bond acceptors (Lipinski definition) is 6. The number of nitrogens with one attached hydrogen (secondary N) is 1. The Balaban J connectivity index is 1.72. The molecule has 4 rings (SSSR count). The molecule has 3 heterocycles. The standard InChI is InChI=1S/C25H34N2O5S/c1-3-5-9-14-26-22(29)21-25-13-12-18(33-25)19(24(31)32-4-2)20(25)23(30)27(21)17(15-28)16-10-7-6-8-11-16/h6-8,10-11,17-21,28H,3-5,9,12-15H2,1-2H3,(H,26,29)/t17-,18+,19-,20+,21?,25?/m1/s1. The Hall–Kier alpha value is -2.06. The second-order valence-corrected chi connectivity index (χ2v) is 10.8. The molecule has 0 saturated carbocycles. The summed E-state index contributed by atoms with van der Waals surface area (Å²) in [4.78, 5) is 42.1. The maximum absolute atomic E-state index is 14.0. The maximum atomic E-state index is 14.0. The van der Waals surface area contributed by atoms with Crippen LogP contribution in [0, 0.1) is 11.8 Å². The fourth-order valence-electron chi connectivity index (χ4n) is 5.95. The van der Waals surface area contributed by atoms with Crippen LogP contribution in [0.1, 0.15) is 57.6 Å². The van der Waals surface area contributed by atoms with Gasteiger partial charge in [-0.05, 0) is 31.7 Å². The van der Waals surface area contributed by atoms with Crippen LogP contribution in [-0.4, -0.2) is 63.6 Å². The summed E-state index contributed by atoms with van der Waals surface area (Å²) in [7, 11) is 0. The summed E-state index contributed by atoms with van der Waals surface area (Å²) in [6, 6.07) is 7.95. The Morgan fingerprint density at radius 3 is 2.70 bits per heavy atom. The van der Waals surface area contributed by atoms with Crippen LogP contribution in [0.25, 0.3) is 0 Å². The van der Waals surface area contributed by atoms with Gasteiger partial charge in [-0.15, -0.1) is 11.8 Å². The monoisotopic (exact) mass is 474 g/mol. The topological polar surface area (TPSA) is 95.9 Å². The quantitative estimate of drug-likeness (QED) is 0.400. The number of thioether (sulfide) groups is 1. The van der Waals surface area contributed by atoms with E-state index >= 15 is 0 Å². The van der Waals surface area contributed by atoms with E-state index in [2.05, 4.69) is 12.2 Å². The number of amides is 2. The second-order valence-electron chi connectivity index (χ2n) is 9.16. The highest BCUT2D eigenvalue weighted by Crippen LogP contribution is 2.67. The van der Waals surface area contributed by atoms with Crippen LogP contribution in [0.2, 0.25) is 0 Å². The van der Waals surface area contributed by atoms with Crippen molar-refractivity contribution in [2.45, 2.75) is 68.0 Å². The summed E-state index contributed by atoms with van der Waals surface area (Å²) >= 11 is 1.62. The van der Waals surface area contributed by atoms with Crippen LogP contribution in [0.3, 0.4) is 0 Å². The molecule has 2 amide bonds. The first kappa shape index (κ1) is 24.1. The first-order valence-electron chi connectivity index (χ1n) is 12.1. The zero-order valence-corrected chi connectivity index (χ0v) is 20.2. The van der Waals surface area contributed by atoms with Gasteiger partial charge in [0.05, 0.1) is 35.8 Å². The number of likely N-dealkylation sites (tertiary alicyclic amines) is 1. The number of aliphatic hydroxyl groups excluding tert-OH is 1. The predicted molar refractivity (Wildman–Crippen MR) is 126 cm³/mol. The lowest BCUT2D eigenvalue weighted by Gasteiger charge is -2.37. The van der Waals surface area contributed by atoms with Gasteiger partial charge in [0, 0.05) is 11.8 Å². The van der Waals surface area contributed by atoms with Gasteiger partial charge in [-0.25, -0.2) is 0 Å². The molecule has 6 atom stereocenters. The molecular weight excluding hydrogens is 440 g/mol. The van der Waals surface area contributed by atoms with E-state index in [0.29, 0.717) is 13.0 Å². The molecule has 0 aliphatic carbocycles. The van der Waals surface area contributed by atoms with E-state index in [1.54, 1.807) is 23.6 Å².